The van der Waals surface area contributed by atoms with E-state index in [1.807, 2.05) is 0 Å². The third-order valence-electron chi connectivity index (χ3n) is 4.33. The summed E-state index contributed by atoms with van der Waals surface area (Å²) in [5.74, 6) is 0.424. The monoisotopic (exact) mass is 224 g/mol. The zero-order chi connectivity index (χ0) is 11.7. The maximum Gasteiger partial charge on any atom is 0.227 e. The van der Waals surface area contributed by atoms with Crippen LogP contribution in [0, 0.1) is 5.92 Å². The smallest absolute Gasteiger partial charge is 0.227 e. The van der Waals surface area contributed by atoms with Crippen LogP contribution in [0.25, 0.3) is 0 Å². The predicted molar refractivity (Wildman–Crippen MR) is 64.9 cm³/mol. The quantitative estimate of drug-likeness (QED) is 0.739. The molecule has 2 rings (SSSR count). The highest BCUT2D eigenvalue weighted by molar-refractivity contribution is 5.80. The molecule has 2 N–H and O–H groups in total. The van der Waals surface area contributed by atoms with Gasteiger partial charge in [0.05, 0.1) is 5.92 Å². The Morgan fingerprint density at radius 2 is 1.62 bits per heavy atom. The molecule has 2 fully saturated rings. The summed E-state index contributed by atoms with van der Waals surface area (Å²) in [6, 6.07) is 0.918. The second-order valence-electron chi connectivity index (χ2n) is 5.58. The zero-order valence-electron chi connectivity index (χ0n) is 10.5. The number of hydrogen-bond acceptors (Lipinski definition) is 2. The molecule has 0 radical (unpaired) electrons. The third-order valence-corrected chi connectivity index (χ3v) is 4.33. The number of amides is 1. The van der Waals surface area contributed by atoms with Crippen molar-refractivity contribution in [2.45, 2.75) is 70.5 Å². The first kappa shape index (κ1) is 11.9. The number of piperidine rings is 1. The Bertz CT molecular complexity index is 257. The van der Waals surface area contributed by atoms with E-state index >= 15 is 0 Å². The number of hydrogen-bond donors (Lipinski definition) is 1. The second kappa shape index (κ2) is 4.74. The Morgan fingerprint density at radius 3 is 2.12 bits per heavy atom. The van der Waals surface area contributed by atoms with E-state index in [4.69, 9.17) is 5.73 Å². The molecule has 0 aromatic carbocycles. The fourth-order valence-electron chi connectivity index (χ4n) is 3.34. The van der Waals surface area contributed by atoms with Crippen LogP contribution in [0.3, 0.4) is 0 Å². The van der Waals surface area contributed by atoms with Crippen molar-refractivity contribution < 1.29 is 4.79 Å². The molecule has 1 saturated heterocycles. The number of nitrogens with zero attached hydrogens (tertiary/aromatic N) is 1. The Hall–Kier alpha value is -0.570. The van der Waals surface area contributed by atoms with Crippen LogP contribution >= 0.6 is 0 Å². The van der Waals surface area contributed by atoms with Gasteiger partial charge >= 0.3 is 0 Å². The molecule has 0 aromatic heterocycles. The Balaban J connectivity index is 2.07. The van der Waals surface area contributed by atoms with Crippen molar-refractivity contribution in [3.8, 4) is 0 Å². The van der Waals surface area contributed by atoms with Crippen molar-refractivity contribution in [2.24, 2.45) is 11.7 Å². The SMILES string of the molecule is CC1CCCC(C)N1C(=O)C1CCCC1N. The number of carbonyl (C=O) groups is 1. The van der Waals surface area contributed by atoms with Gasteiger partial charge < -0.3 is 10.6 Å². The maximum absolute atomic E-state index is 12.5. The third kappa shape index (κ3) is 2.10. The first-order chi connectivity index (χ1) is 7.61. The summed E-state index contributed by atoms with van der Waals surface area (Å²) in [4.78, 5) is 14.6. The predicted octanol–water partition coefficient (Wildman–Crippen LogP) is 1.90. The fraction of sp³-hybridized carbons (Fsp3) is 0.923. The summed E-state index contributed by atoms with van der Waals surface area (Å²) in [5.41, 5.74) is 6.03. The van der Waals surface area contributed by atoms with Crippen LogP contribution in [0.2, 0.25) is 0 Å². The minimum absolute atomic E-state index is 0.1000. The maximum atomic E-state index is 12.5. The molecule has 1 saturated carbocycles. The number of nitrogens with two attached hydrogens (primary N) is 1. The van der Waals surface area contributed by atoms with E-state index in [-0.39, 0.29) is 12.0 Å². The van der Waals surface area contributed by atoms with Gasteiger partial charge in [-0.05, 0) is 46.0 Å². The molecule has 0 spiro atoms. The summed E-state index contributed by atoms with van der Waals surface area (Å²) in [6.45, 7) is 4.35. The van der Waals surface area contributed by atoms with Gasteiger partial charge in [0, 0.05) is 18.1 Å². The van der Waals surface area contributed by atoms with Crippen LogP contribution in [0.1, 0.15) is 52.4 Å². The summed E-state index contributed by atoms with van der Waals surface area (Å²) in [5, 5.41) is 0. The molecule has 4 unspecified atom stereocenters. The molecular weight excluding hydrogens is 200 g/mol. The summed E-state index contributed by atoms with van der Waals surface area (Å²) < 4.78 is 0. The van der Waals surface area contributed by atoms with Gasteiger partial charge in [0.1, 0.15) is 0 Å². The van der Waals surface area contributed by atoms with E-state index in [0.717, 1.165) is 32.1 Å². The second-order valence-corrected chi connectivity index (χ2v) is 5.58. The van der Waals surface area contributed by atoms with Gasteiger partial charge in [-0.1, -0.05) is 6.42 Å². The van der Waals surface area contributed by atoms with Crippen LogP contribution in [-0.4, -0.2) is 28.9 Å². The number of likely N-dealkylation sites (tertiary alicyclic amines) is 1. The lowest BCUT2D eigenvalue weighted by atomic mass is 9.93. The van der Waals surface area contributed by atoms with Crippen molar-refractivity contribution in [1.29, 1.82) is 0 Å². The first-order valence-corrected chi connectivity index (χ1v) is 6.69. The van der Waals surface area contributed by atoms with Crippen LogP contribution in [0.4, 0.5) is 0 Å². The minimum Gasteiger partial charge on any atom is -0.337 e. The molecule has 1 aliphatic carbocycles. The van der Waals surface area contributed by atoms with Gasteiger partial charge in [0.2, 0.25) is 5.91 Å². The molecule has 0 bridgehead atoms. The Labute approximate surface area is 98.4 Å². The zero-order valence-corrected chi connectivity index (χ0v) is 10.5. The van der Waals surface area contributed by atoms with Gasteiger partial charge in [-0.3, -0.25) is 4.79 Å². The van der Waals surface area contributed by atoms with E-state index in [0.29, 0.717) is 18.0 Å². The largest absolute Gasteiger partial charge is 0.337 e. The van der Waals surface area contributed by atoms with Gasteiger partial charge in [-0.25, -0.2) is 0 Å². The van der Waals surface area contributed by atoms with Crippen LogP contribution in [-0.2, 0) is 4.79 Å². The minimum atomic E-state index is 0.1000. The first-order valence-electron chi connectivity index (χ1n) is 6.69. The molecule has 1 aliphatic heterocycles. The van der Waals surface area contributed by atoms with Crippen molar-refractivity contribution in [1.82, 2.24) is 4.90 Å². The van der Waals surface area contributed by atoms with E-state index in [1.54, 1.807) is 0 Å². The van der Waals surface area contributed by atoms with Gasteiger partial charge in [0.15, 0.2) is 0 Å². The topological polar surface area (TPSA) is 46.3 Å². The summed E-state index contributed by atoms with van der Waals surface area (Å²) in [7, 11) is 0. The lowest BCUT2D eigenvalue weighted by Gasteiger charge is -2.41. The van der Waals surface area contributed by atoms with Gasteiger partial charge in [-0.15, -0.1) is 0 Å². The molecule has 4 atom stereocenters. The fourth-order valence-corrected chi connectivity index (χ4v) is 3.34. The van der Waals surface area contributed by atoms with E-state index in [9.17, 15) is 4.79 Å². The van der Waals surface area contributed by atoms with Crippen molar-refractivity contribution in [2.75, 3.05) is 0 Å². The van der Waals surface area contributed by atoms with Crippen LogP contribution < -0.4 is 5.73 Å². The van der Waals surface area contributed by atoms with E-state index in [1.165, 1.54) is 6.42 Å². The van der Waals surface area contributed by atoms with Crippen LogP contribution in [0.5, 0.6) is 0 Å². The van der Waals surface area contributed by atoms with Crippen molar-refractivity contribution in [3.63, 3.8) is 0 Å². The molecule has 1 heterocycles. The number of carbonyl (C=O) groups excluding carboxylic acids is 1. The average Bonchev–Trinajstić information content (AvgIpc) is 2.64. The molecule has 16 heavy (non-hydrogen) atoms. The lowest BCUT2D eigenvalue weighted by molar-refractivity contribution is -0.141. The average molecular weight is 224 g/mol. The number of rotatable bonds is 1. The molecule has 3 heteroatoms. The van der Waals surface area contributed by atoms with E-state index < -0.39 is 0 Å². The molecule has 3 nitrogen and oxygen atoms in total. The lowest BCUT2D eigenvalue weighted by Crippen LogP contribution is -2.51. The highest BCUT2D eigenvalue weighted by Gasteiger charge is 2.37. The molecule has 92 valence electrons. The molecule has 0 aromatic rings. The molecule has 1 amide bonds. The van der Waals surface area contributed by atoms with Gasteiger partial charge in [-0.2, -0.15) is 0 Å². The van der Waals surface area contributed by atoms with Crippen molar-refractivity contribution >= 4 is 5.91 Å². The highest BCUT2D eigenvalue weighted by Crippen LogP contribution is 2.30. The van der Waals surface area contributed by atoms with Crippen LogP contribution in [0.15, 0.2) is 0 Å². The standard InChI is InChI=1S/C13H24N2O/c1-9-5-3-6-10(2)15(9)13(16)11-7-4-8-12(11)14/h9-12H,3-8,14H2,1-2H3. The summed E-state index contributed by atoms with van der Waals surface area (Å²) >= 11 is 0. The summed E-state index contributed by atoms with van der Waals surface area (Å²) in [6.07, 6.45) is 6.69. The van der Waals surface area contributed by atoms with E-state index in [2.05, 4.69) is 18.7 Å². The molecular formula is C13H24N2O. The van der Waals surface area contributed by atoms with Crippen molar-refractivity contribution in [3.05, 3.63) is 0 Å². The normalized spacial score (nSPS) is 40.1. The Morgan fingerprint density at radius 1 is 1.06 bits per heavy atom. The highest BCUT2D eigenvalue weighted by atomic mass is 16.2. The molecule has 2 aliphatic rings. The van der Waals surface area contributed by atoms with Gasteiger partial charge in [0.25, 0.3) is 0 Å². The Kier molecular flexibility index (Phi) is 3.53.